The van der Waals surface area contributed by atoms with Crippen LogP contribution < -0.4 is 5.32 Å². The van der Waals surface area contributed by atoms with E-state index in [0.29, 0.717) is 17.4 Å². The Labute approximate surface area is 119 Å². The number of anilines is 2. The van der Waals surface area contributed by atoms with Gasteiger partial charge >= 0.3 is 0 Å². The maximum Gasteiger partial charge on any atom is 0.146 e. The van der Waals surface area contributed by atoms with Gasteiger partial charge in [-0.05, 0) is 53.4 Å². The van der Waals surface area contributed by atoms with Crippen LogP contribution in [0.4, 0.5) is 15.9 Å². The first kappa shape index (κ1) is 12.5. The van der Waals surface area contributed by atoms with E-state index in [1.54, 1.807) is 18.2 Å². The first-order valence-electron chi connectivity index (χ1n) is 6.19. The van der Waals surface area contributed by atoms with Crippen molar-refractivity contribution in [1.82, 2.24) is 9.97 Å². The summed E-state index contributed by atoms with van der Waals surface area (Å²) in [7, 11) is 0. The largest absolute Gasteiger partial charge is 0.338 e. The van der Waals surface area contributed by atoms with Gasteiger partial charge in [-0.3, -0.25) is 0 Å². The number of hydrogen-bond acceptors (Lipinski definition) is 3. The highest BCUT2D eigenvalue weighted by Gasteiger charge is 2.27. The molecule has 3 rings (SSSR count). The molecule has 0 spiro atoms. The van der Waals surface area contributed by atoms with Crippen LogP contribution in [-0.2, 0) is 0 Å². The summed E-state index contributed by atoms with van der Waals surface area (Å²) >= 11 is 3.37. The highest BCUT2D eigenvalue weighted by atomic mass is 79.9. The molecule has 0 atom stereocenters. The van der Waals surface area contributed by atoms with E-state index in [-0.39, 0.29) is 5.82 Å². The van der Waals surface area contributed by atoms with Crippen LogP contribution in [0.5, 0.6) is 0 Å². The predicted octanol–water partition coefficient (Wildman–Crippen LogP) is 4.31. The monoisotopic (exact) mass is 321 g/mol. The number of aryl methyl sites for hydroxylation is 1. The average molecular weight is 322 g/mol. The third-order valence-corrected chi connectivity index (χ3v) is 3.45. The molecule has 3 nitrogen and oxygen atoms in total. The second-order valence-electron chi connectivity index (χ2n) is 4.82. The van der Waals surface area contributed by atoms with E-state index in [0.717, 1.165) is 28.8 Å². The van der Waals surface area contributed by atoms with E-state index in [1.165, 1.54) is 6.07 Å². The van der Waals surface area contributed by atoms with Crippen molar-refractivity contribution in [3.8, 4) is 0 Å². The van der Waals surface area contributed by atoms with Crippen LogP contribution in [0.25, 0.3) is 0 Å². The van der Waals surface area contributed by atoms with Crippen LogP contribution in [-0.4, -0.2) is 9.97 Å². The van der Waals surface area contributed by atoms with Crippen molar-refractivity contribution in [1.29, 1.82) is 0 Å². The van der Waals surface area contributed by atoms with Gasteiger partial charge in [-0.2, -0.15) is 0 Å². The summed E-state index contributed by atoms with van der Waals surface area (Å²) in [5.74, 6) is 1.62. The van der Waals surface area contributed by atoms with Gasteiger partial charge in [-0.1, -0.05) is 6.07 Å². The fourth-order valence-corrected chi connectivity index (χ4v) is 2.29. The third kappa shape index (κ3) is 2.92. The van der Waals surface area contributed by atoms with Crippen molar-refractivity contribution < 1.29 is 4.39 Å². The molecule has 1 aliphatic rings. The molecular formula is C14H13BrFN3. The van der Waals surface area contributed by atoms with Crippen molar-refractivity contribution in [2.75, 3.05) is 5.32 Å². The Bertz CT molecular complexity index is 626. The summed E-state index contributed by atoms with van der Waals surface area (Å²) in [6.45, 7) is 1.93. The Kier molecular flexibility index (Phi) is 3.22. The SMILES string of the molecule is Cc1ccc(F)c(Nc2cc(Br)nc(C3CC3)n2)c1. The molecule has 98 valence electrons. The molecule has 0 saturated heterocycles. The van der Waals surface area contributed by atoms with Crippen LogP contribution in [0.3, 0.4) is 0 Å². The molecule has 5 heteroatoms. The van der Waals surface area contributed by atoms with Gasteiger partial charge < -0.3 is 5.32 Å². The van der Waals surface area contributed by atoms with Gasteiger partial charge in [-0.25, -0.2) is 14.4 Å². The smallest absolute Gasteiger partial charge is 0.146 e. The van der Waals surface area contributed by atoms with E-state index in [1.807, 2.05) is 6.92 Å². The van der Waals surface area contributed by atoms with E-state index >= 15 is 0 Å². The minimum absolute atomic E-state index is 0.284. The Morgan fingerprint density at radius 3 is 2.79 bits per heavy atom. The lowest BCUT2D eigenvalue weighted by molar-refractivity contribution is 0.631. The van der Waals surface area contributed by atoms with Gasteiger partial charge in [0, 0.05) is 12.0 Å². The standard InChI is InChI=1S/C14H13BrFN3/c1-8-2-5-10(16)11(6-8)17-13-7-12(15)18-14(19-13)9-3-4-9/h2,5-7,9H,3-4H2,1H3,(H,17,18,19). The fourth-order valence-electron chi connectivity index (χ4n) is 1.90. The van der Waals surface area contributed by atoms with Crippen molar-refractivity contribution in [2.45, 2.75) is 25.7 Å². The minimum Gasteiger partial charge on any atom is -0.338 e. The van der Waals surface area contributed by atoms with Crippen LogP contribution in [0.15, 0.2) is 28.9 Å². The Morgan fingerprint density at radius 2 is 2.05 bits per heavy atom. The van der Waals surface area contributed by atoms with Crippen molar-refractivity contribution >= 4 is 27.4 Å². The molecule has 1 aromatic carbocycles. The Hall–Kier alpha value is -1.49. The quantitative estimate of drug-likeness (QED) is 0.856. The zero-order chi connectivity index (χ0) is 13.4. The normalized spacial score (nSPS) is 14.5. The summed E-state index contributed by atoms with van der Waals surface area (Å²) < 4.78 is 14.4. The lowest BCUT2D eigenvalue weighted by Gasteiger charge is -2.09. The summed E-state index contributed by atoms with van der Waals surface area (Å²) in [5.41, 5.74) is 1.44. The van der Waals surface area contributed by atoms with Gasteiger partial charge in [0.1, 0.15) is 22.1 Å². The van der Waals surface area contributed by atoms with Gasteiger partial charge in [0.25, 0.3) is 0 Å². The number of aromatic nitrogens is 2. The molecule has 1 N–H and O–H groups in total. The number of benzene rings is 1. The zero-order valence-corrected chi connectivity index (χ0v) is 12.0. The molecule has 0 unspecified atom stereocenters. The second-order valence-corrected chi connectivity index (χ2v) is 5.63. The van der Waals surface area contributed by atoms with Gasteiger partial charge in [0.05, 0.1) is 5.69 Å². The van der Waals surface area contributed by atoms with E-state index in [2.05, 4.69) is 31.2 Å². The molecule has 0 bridgehead atoms. The lowest BCUT2D eigenvalue weighted by atomic mass is 10.2. The molecule has 19 heavy (non-hydrogen) atoms. The van der Waals surface area contributed by atoms with E-state index in [4.69, 9.17) is 0 Å². The van der Waals surface area contributed by atoms with Crippen molar-refractivity contribution in [3.05, 3.63) is 46.1 Å². The lowest BCUT2D eigenvalue weighted by Crippen LogP contribution is -2.01. The van der Waals surface area contributed by atoms with Gasteiger partial charge in [-0.15, -0.1) is 0 Å². The predicted molar refractivity (Wildman–Crippen MR) is 76.1 cm³/mol. The number of hydrogen-bond donors (Lipinski definition) is 1. The first-order chi connectivity index (χ1) is 9.11. The topological polar surface area (TPSA) is 37.8 Å². The number of halogens is 2. The van der Waals surface area contributed by atoms with Crippen molar-refractivity contribution in [2.24, 2.45) is 0 Å². The van der Waals surface area contributed by atoms with Gasteiger partial charge in [0.2, 0.25) is 0 Å². The molecule has 1 saturated carbocycles. The zero-order valence-electron chi connectivity index (χ0n) is 10.5. The average Bonchev–Trinajstić information content (AvgIpc) is 3.17. The molecule has 1 aromatic heterocycles. The molecule has 0 radical (unpaired) electrons. The maximum atomic E-state index is 13.7. The van der Waals surface area contributed by atoms with Crippen molar-refractivity contribution in [3.63, 3.8) is 0 Å². The molecule has 1 fully saturated rings. The molecule has 1 aliphatic carbocycles. The summed E-state index contributed by atoms with van der Waals surface area (Å²) in [6.07, 6.45) is 2.27. The molecule has 1 heterocycles. The molecule has 0 aliphatic heterocycles. The third-order valence-electron chi connectivity index (χ3n) is 3.04. The Balaban J connectivity index is 1.92. The molecular weight excluding hydrogens is 309 g/mol. The van der Waals surface area contributed by atoms with Crippen LogP contribution in [0, 0.1) is 12.7 Å². The number of nitrogens with one attached hydrogen (secondary N) is 1. The molecule has 0 amide bonds. The summed E-state index contributed by atoms with van der Waals surface area (Å²) in [5, 5.41) is 3.02. The highest BCUT2D eigenvalue weighted by molar-refractivity contribution is 9.10. The summed E-state index contributed by atoms with van der Waals surface area (Å²) in [6, 6.07) is 6.72. The number of nitrogens with zero attached hydrogens (tertiary/aromatic N) is 2. The van der Waals surface area contributed by atoms with Crippen LogP contribution >= 0.6 is 15.9 Å². The van der Waals surface area contributed by atoms with Crippen LogP contribution in [0.2, 0.25) is 0 Å². The molecule has 2 aromatic rings. The minimum atomic E-state index is -0.284. The Morgan fingerprint density at radius 1 is 1.26 bits per heavy atom. The van der Waals surface area contributed by atoms with Crippen LogP contribution in [0.1, 0.15) is 30.1 Å². The van der Waals surface area contributed by atoms with E-state index < -0.39 is 0 Å². The van der Waals surface area contributed by atoms with Gasteiger partial charge in [0.15, 0.2) is 0 Å². The number of rotatable bonds is 3. The highest BCUT2D eigenvalue weighted by Crippen LogP contribution is 2.39. The maximum absolute atomic E-state index is 13.7. The van der Waals surface area contributed by atoms with E-state index in [9.17, 15) is 4.39 Å². The fraction of sp³-hybridized carbons (Fsp3) is 0.286. The second kappa shape index (κ2) is 4.89. The first-order valence-corrected chi connectivity index (χ1v) is 6.99. The summed E-state index contributed by atoms with van der Waals surface area (Å²) in [4.78, 5) is 8.79.